The average Bonchev–Trinajstić information content (AvgIpc) is 3.14. The fraction of sp³-hybridized carbons (Fsp3) is 0.667. The average molecular weight is 376 g/mol. The van der Waals surface area contributed by atoms with Crippen LogP contribution < -0.4 is 15.0 Å². The number of nitrogens with one attached hydrogen (secondary N) is 1. The van der Waals surface area contributed by atoms with E-state index in [0.717, 1.165) is 63.2 Å². The van der Waals surface area contributed by atoms with E-state index in [1.165, 1.54) is 0 Å². The van der Waals surface area contributed by atoms with Crippen LogP contribution in [0.4, 0.5) is 10.5 Å². The van der Waals surface area contributed by atoms with Crippen LogP contribution in [0.2, 0.25) is 0 Å². The summed E-state index contributed by atoms with van der Waals surface area (Å²) in [6.45, 7) is 5.52. The Morgan fingerprint density at radius 2 is 2.04 bits per heavy atom. The molecule has 1 unspecified atom stereocenters. The maximum atomic E-state index is 12.7. The molecule has 27 heavy (non-hydrogen) atoms. The summed E-state index contributed by atoms with van der Waals surface area (Å²) < 4.78 is 5.47. The summed E-state index contributed by atoms with van der Waals surface area (Å²) in [4.78, 5) is 16.9. The van der Waals surface area contributed by atoms with Gasteiger partial charge in [-0.2, -0.15) is 0 Å². The minimum atomic E-state index is -0.0979. The second kappa shape index (κ2) is 8.83. The van der Waals surface area contributed by atoms with Crippen LogP contribution in [-0.2, 0) is 0 Å². The molecule has 2 fully saturated rings. The summed E-state index contributed by atoms with van der Waals surface area (Å²) >= 11 is 0. The number of hydrogen-bond acceptors (Lipinski definition) is 4. The van der Waals surface area contributed by atoms with E-state index in [2.05, 4.69) is 23.2 Å². The fourth-order valence-electron chi connectivity index (χ4n) is 4.47. The van der Waals surface area contributed by atoms with Gasteiger partial charge in [0.15, 0.2) is 0 Å². The second-order valence-corrected chi connectivity index (χ2v) is 7.96. The molecule has 2 aliphatic heterocycles. The molecular weight excluding hydrogens is 342 g/mol. The molecule has 2 saturated heterocycles. The number of rotatable bonds is 6. The minimum Gasteiger partial charge on any atom is -0.495 e. The van der Waals surface area contributed by atoms with E-state index in [1.807, 2.05) is 23.1 Å². The van der Waals surface area contributed by atoms with Crippen molar-refractivity contribution in [2.45, 2.75) is 45.1 Å². The normalized spacial score (nSPS) is 23.5. The van der Waals surface area contributed by atoms with Crippen LogP contribution in [0.3, 0.4) is 0 Å². The molecule has 0 saturated carbocycles. The SMILES string of the molecule is CCCC1(CO)CCN(C(=O)NC2CCN(c3ccccc3OC)CC2)C1. The molecule has 3 rings (SSSR count). The van der Waals surface area contributed by atoms with Gasteiger partial charge >= 0.3 is 6.03 Å². The number of benzene rings is 1. The van der Waals surface area contributed by atoms with Gasteiger partial charge in [-0.1, -0.05) is 25.5 Å². The fourth-order valence-corrected chi connectivity index (χ4v) is 4.47. The molecule has 150 valence electrons. The zero-order valence-corrected chi connectivity index (χ0v) is 16.6. The van der Waals surface area contributed by atoms with Gasteiger partial charge in [-0.25, -0.2) is 4.79 Å². The molecule has 2 amide bonds. The molecule has 1 aromatic rings. The zero-order chi connectivity index (χ0) is 19.3. The number of aliphatic hydroxyl groups excluding tert-OH is 1. The Morgan fingerprint density at radius 1 is 1.30 bits per heavy atom. The number of methoxy groups -OCH3 is 1. The first-order chi connectivity index (χ1) is 13.1. The van der Waals surface area contributed by atoms with Gasteiger partial charge in [-0.05, 0) is 37.8 Å². The monoisotopic (exact) mass is 375 g/mol. The van der Waals surface area contributed by atoms with Crippen molar-refractivity contribution < 1.29 is 14.6 Å². The highest BCUT2D eigenvalue weighted by molar-refractivity contribution is 5.75. The number of amides is 2. The van der Waals surface area contributed by atoms with Crippen LogP contribution in [0.15, 0.2) is 24.3 Å². The number of piperidine rings is 1. The Morgan fingerprint density at radius 3 is 2.70 bits per heavy atom. The number of carbonyl (C=O) groups is 1. The van der Waals surface area contributed by atoms with Gasteiger partial charge in [0, 0.05) is 37.6 Å². The van der Waals surface area contributed by atoms with E-state index in [4.69, 9.17) is 4.74 Å². The third-order valence-corrected chi connectivity index (χ3v) is 6.09. The standard InChI is InChI=1S/C21H33N3O3/c1-3-10-21(16-25)11-14-24(15-21)20(26)22-17-8-12-23(13-9-17)18-6-4-5-7-19(18)27-2/h4-7,17,25H,3,8-16H2,1-2H3,(H,22,26). The van der Waals surface area contributed by atoms with Gasteiger partial charge in [-0.15, -0.1) is 0 Å². The van der Waals surface area contributed by atoms with E-state index in [9.17, 15) is 9.90 Å². The Kier molecular flexibility index (Phi) is 6.47. The minimum absolute atomic E-state index is 0.0252. The lowest BCUT2D eigenvalue weighted by atomic mass is 9.83. The molecule has 2 aliphatic rings. The van der Waals surface area contributed by atoms with Gasteiger partial charge in [-0.3, -0.25) is 0 Å². The Balaban J connectivity index is 1.50. The summed E-state index contributed by atoms with van der Waals surface area (Å²) in [6, 6.07) is 8.32. The van der Waals surface area contributed by atoms with Gasteiger partial charge in [0.25, 0.3) is 0 Å². The van der Waals surface area contributed by atoms with Crippen molar-refractivity contribution in [3.63, 3.8) is 0 Å². The maximum Gasteiger partial charge on any atom is 0.317 e. The van der Waals surface area contributed by atoms with Gasteiger partial charge in [0.2, 0.25) is 0 Å². The molecular formula is C21H33N3O3. The largest absolute Gasteiger partial charge is 0.495 e. The summed E-state index contributed by atoms with van der Waals surface area (Å²) in [5.41, 5.74) is 1.02. The molecule has 0 aliphatic carbocycles. The highest BCUT2D eigenvalue weighted by Gasteiger charge is 2.39. The molecule has 2 N–H and O–H groups in total. The van der Waals surface area contributed by atoms with Crippen LogP contribution in [0, 0.1) is 5.41 Å². The van der Waals surface area contributed by atoms with Gasteiger partial charge in [0.1, 0.15) is 5.75 Å². The summed E-state index contributed by atoms with van der Waals surface area (Å²) in [7, 11) is 1.70. The molecule has 1 aromatic carbocycles. The zero-order valence-electron chi connectivity index (χ0n) is 16.6. The smallest absolute Gasteiger partial charge is 0.317 e. The molecule has 0 radical (unpaired) electrons. The maximum absolute atomic E-state index is 12.7. The van der Waals surface area contributed by atoms with E-state index in [-0.39, 0.29) is 24.1 Å². The number of carbonyl (C=O) groups excluding carboxylic acids is 1. The molecule has 0 spiro atoms. The van der Waals surface area contributed by atoms with Gasteiger partial charge < -0.3 is 25.0 Å². The quantitative estimate of drug-likeness (QED) is 0.802. The third-order valence-electron chi connectivity index (χ3n) is 6.09. The van der Waals surface area contributed by atoms with Crippen LogP contribution in [0.25, 0.3) is 0 Å². The van der Waals surface area contributed by atoms with E-state index < -0.39 is 0 Å². The van der Waals surface area contributed by atoms with Crippen molar-refractivity contribution in [3.8, 4) is 5.75 Å². The first kappa shape index (κ1) is 19.8. The van der Waals surface area contributed by atoms with Crippen LogP contribution in [0.5, 0.6) is 5.75 Å². The first-order valence-corrected chi connectivity index (χ1v) is 10.1. The molecule has 2 heterocycles. The van der Waals surface area contributed by atoms with Crippen molar-refractivity contribution in [3.05, 3.63) is 24.3 Å². The van der Waals surface area contributed by atoms with Crippen LogP contribution in [0.1, 0.15) is 39.0 Å². The van der Waals surface area contributed by atoms with E-state index in [0.29, 0.717) is 6.54 Å². The molecule has 0 aromatic heterocycles. The van der Waals surface area contributed by atoms with Crippen molar-refractivity contribution in [1.29, 1.82) is 0 Å². The van der Waals surface area contributed by atoms with Crippen molar-refractivity contribution in [1.82, 2.24) is 10.2 Å². The lowest BCUT2D eigenvalue weighted by Gasteiger charge is -2.35. The van der Waals surface area contributed by atoms with E-state index in [1.54, 1.807) is 7.11 Å². The number of ether oxygens (including phenoxy) is 1. The van der Waals surface area contributed by atoms with Gasteiger partial charge in [0.05, 0.1) is 19.4 Å². The Labute approximate surface area is 162 Å². The molecule has 0 bridgehead atoms. The lowest BCUT2D eigenvalue weighted by Crippen LogP contribution is -2.49. The highest BCUT2D eigenvalue weighted by atomic mass is 16.5. The molecule has 6 heteroatoms. The highest BCUT2D eigenvalue weighted by Crippen LogP contribution is 2.35. The van der Waals surface area contributed by atoms with Crippen LogP contribution >= 0.6 is 0 Å². The topological polar surface area (TPSA) is 65.0 Å². The lowest BCUT2D eigenvalue weighted by molar-refractivity contribution is 0.120. The number of anilines is 1. The Bertz CT molecular complexity index is 631. The number of hydrogen-bond donors (Lipinski definition) is 2. The Hall–Kier alpha value is -1.95. The number of aliphatic hydroxyl groups is 1. The van der Waals surface area contributed by atoms with Crippen molar-refractivity contribution in [2.75, 3.05) is 44.8 Å². The predicted octanol–water partition coefficient (Wildman–Crippen LogP) is 2.86. The third kappa shape index (κ3) is 4.49. The van der Waals surface area contributed by atoms with Crippen LogP contribution in [-0.4, -0.2) is 62.0 Å². The molecule has 6 nitrogen and oxygen atoms in total. The number of para-hydroxylation sites is 2. The summed E-state index contributed by atoms with van der Waals surface area (Å²) in [5, 5.41) is 13.0. The first-order valence-electron chi connectivity index (χ1n) is 10.1. The van der Waals surface area contributed by atoms with Crippen molar-refractivity contribution in [2.24, 2.45) is 5.41 Å². The number of nitrogens with zero attached hydrogens (tertiary/aromatic N) is 2. The number of urea groups is 1. The summed E-state index contributed by atoms with van der Waals surface area (Å²) in [6.07, 6.45) is 4.77. The number of likely N-dealkylation sites (tertiary alicyclic amines) is 1. The van der Waals surface area contributed by atoms with E-state index >= 15 is 0 Å². The second-order valence-electron chi connectivity index (χ2n) is 7.96. The predicted molar refractivity (Wildman–Crippen MR) is 107 cm³/mol. The molecule has 1 atom stereocenters. The van der Waals surface area contributed by atoms with Crippen molar-refractivity contribution >= 4 is 11.7 Å². The summed E-state index contributed by atoms with van der Waals surface area (Å²) in [5.74, 6) is 0.897.